The SMILES string of the molecule is COc1ccccc1NC(=O)C1(c2ccccc2)CCOCC1. The zero-order valence-electron chi connectivity index (χ0n) is 13.2. The Morgan fingerprint density at radius 1 is 1.04 bits per heavy atom. The molecule has 1 heterocycles. The van der Waals surface area contributed by atoms with E-state index in [-0.39, 0.29) is 5.91 Å². The number of rotatable bonds is 4. The van der Waals surface area contributed by atoms with Gasteiger partial charge >= 0.3 is 0 Å². The van der Waals surface area contributed by atoms with Crippen LogP contribution in [0.25, 0.3) is 0 Å². The highest BCUT2D eigenvalue weighted by molar-refractivity contribution is 6.00. The van der Waals surface area contributed by atoms with Crippen LogP contribution in [0.1, 0.15) is 18.4 Å². The summed E-state index contributed by atoms with van der Waals surface area (Å²) in [4.78, 5) is 13.1. The minimum absolute atomic E-state index is 0.00324. The van der Waals surface area contributed by atoms with E-state index in [1.807, 2.05) is 54.6 Å². The lowest BCUT2D eigenvalue weighted by Crippen LogP contribution is -2.44. The molecule has 2 aromatic rings. The quantitative estimate of drug-likeness (QED) is 0.941. The topological polar surface area (TPSA) is 47.6 Å². The van der Waals surface area contributed by atoms with Gasteiger partial charge in [-0.1, -0.05) is 42.5 Å². The monoisotopic (exact) mass is 311 g/mol. The van der Waals surface area contributed by atoms with Gasteiger partial charge in [-0.25, -0.2) is 0 Å². The predicted molar refractivity (Wildman–Crippen MR) is 89.8 cm³/mol. The molecule has 120 valence electrons. The van der Waals surface area contributed by atoms with Crippen LogP contribution < -0.4 is 10.1 Å². The highest BCUT2D eigenvalue weighted by Crippen LogP contribution is 2.37. The Hall–Kier alpha value is -2.33. The van der Waals surface area contributed by atoms with Gasteiger partial charge in [0, 0.05) is 13.2 Å². The van der Waals surface area contributed by atoms with E-state index in [1.165, 1.54) is 0 Å². The summed E-state index contributed by atoms with van der Waals surface area (Å²) in [5.74, 6) is 0.660. The van der Waals surface area contributed by atoms with Crippen molar-refractivity contribution in [1.29, 1.82) is 0 Å². The van der Waals surface area contributed by atoms with Crippen LogP contribution in [-0.2, 0) is 14.9 Å². The molecule has 2 aromatic carbocycles. The molecule has 4 nitrogen and oxygen atoms in total. The van der Waals surface area contributed by atoms with Gasteiger partial charge in [0.05, 0.1) is 18.2 Å². The van der Waals surface area contributed by atoms with Gasteiger partial charge in [-0.3, -0.25) is 4.79 Å². The van der Waals surface area contributed by atoms with E-state index in [4.69, 9.17) is 9.47 Å². The average Bonchev–Trinajstić information content (AvgIpc) is 2.63. The van der Waals surface area contributed by atoms with Gasteiger partial charge in [-0.2, -0.15) is 0 Å². The minimum atomic E-state index is -0.555. The Labute approximate surface area is 136 Å². The van der Waals surface area contributed by atoms with Crippen LogP contribution in [0.4, 0.5) is 5.69 Å². The number of ether oxygens (including phenoxy) is 2. The summed E-state index contributed by atoms with van der Waals surface area (Å²) in [5.41, 5.74) is 1.18. The van der Waals surface area contributed by atoms with Crippen LogP contribution in [0.5, 0.6) is 5.75 Å². The fraction of sp³-hybridized carbons (Fsp3) is 0.316. The number of carbonyl (C=O) groups is 1. The minimum Gasteiger partial charge on any atom is -0.495 e. The summed E-state index contributed by atoms with van der Waals surface area (Å²) < 4.78 is 10.8. The van der Waals surface area contributed by atoms with Gasteiger partial charge in [0.25, 0.3) is 0 Å². The second-order valence-electron chi connectivity index (χ2n) is 5.71. The van der Waals surface area contributed by atoms with Crippen molar-refractivity contribution in [2.45, 2.75) is 18.3 Å². The second kappa shape index (κ2) is 6.84. The second-order valence-corrected chi connectivity index (χ2v) is 5.71. The zero-order chi connectivity index (χ0) is 16.1. The lowest BCUT2D eigenvalue weighted by molar-refractivity contribution is -0.125. The maximum Gasteiger partial charge on any atom is 0.235 e. The van der Waals surface area contributed by atoms with Crippen molar-refractivity contribution in [3.05, 3.63) is 60.2 Å². The molecule has 1 aliphatic rings. The van der Waals surface area contributed by atoms with Gasteiger partial charge in [-0.15, -0.1) is 0 Å². The van der Waals surface area contributed by atoms with E-state index in [2.05, 4.69) is 5.32 Å². The largest absolute Gasteiger partial charge is 0.495 e. The number of anilines is 1. The van der Waals surface area contributed by atoms with E-state index in [1.54, 1.807) is 7.11 Å². The van der Waals surface area contributed by atoms with Gasteiger partial charge in [-0.05, 0) is 30.5 Å². The van der Waals surface area contributed by atoms with E-state index in [0.29, 0.717) is 37.5 Å². The first kappa shape index (κ1) is 15.6. The molecular weight excluding hydrogens is 290 g/mol. The Bertz CT molecular complexity index is 663. The van der Waals surface area contributed by atoms with E-state index in [9.17, 15) is 4.79 Å². The van der Waals surface area contributed by atoms with Crippen molar-refractivity contribution < 1.29 is 14.3 Å². The van der Waals surface area contributed by atoms with E-state index in [0.717, 1.165) is 5.56 Å². The summed E-state index contributed by atoms with van der Waals surface area (Å²) in [5, 5.41) is 3.05. The standard InChI is InChI=1S/C19H21NO3/c1-22-17-10-6-5-9-16(17)20-18(21)19(11-13-23-14-12-19)15-7-3-2-4-8-15/h2-10H,11-14H2,1H3,(H,20,21). The molecule has 0 bridgehead atoms. The molecule has 0 spiro atoms. The molecule has 1 saturated heterocycles. The number of carbonyl (C=O) groups excluding carboxylic acids is 1. The Morgan fingerprint density at radius 2 is 1.70 bits per heavy atom. The molecule has 0 aliphatic carbocycles. The molecule has 23 heavy (non-hydrogen) atoms. The first-order valence-electron chi connectivity index (χ1n) is 7.84. The summed E-state index contributed by atoms with van der Waals surface area (Å²) in [6.07, 6.45) is 1.36. The Morgan fingerprint density at radius 3 is 2.39 bits per heavy atom. The summed E-state index contributed by atoms with van der Waals surface area (Å²) in [6, 6.07) is 17.4. The first-order valence-corrected chi connectivity index (χ1v) is 7.84. The maximum atomic E-state index is 13.1. The molecule has 0 radical (unpaired) electrons. The number of hydrogen-bond acceptors (Lipinski definition) is 3. The van der Waals surface area contributed by atoms with E-state index >= 15 is 0 Å². The Kier molecular flexibility index (Phi) is 4.63. The average molecular weight is 311 g/mol. The highest BCUT2D eigenvalue weighted by Gasteiger charge is 2.41. The van der Waals surface area contributed by atoms with Crippen LogP contribution >= 0.6 is 0 Å². The predicted octanol–water partition coefficient (Wildman–Crippen LogP) is 3.38. The van der Waals surface area contributed by atoms with Crippen LogP contribution in [0, 0.1) is 0 Å². The lowest BCUT2D eigenvalue weighted by atomic mass is 9.73. The molecule has 0 aromatic heterocycles. The third kappa shape index (κ3) is 3.08. The van der Waals surface area contributed by atoms with Crippen LogP contribution in [0.2, 0.25) is 0 Å². The van der Waals surface area contributed by atoms with Crippen molar-refractivity contribution in [2.75, 3.05) is 25.6 Å². The van der Waals surface area contributed by atoms with Crippen LogP contribution in [0.3, 0.4) is 0 Å². The Balaban J connectivity index is 1.92. The zero-order valence-corrected chi connectivity index (χ0v) is 13.2. The smallest absolute Gasteiger partial charge is 0.235 e. The first-order chi connectivity index (χ1) is 11.3. The van der Waals surface area contributed by atoms with Gasteiger partial charge in [0.2, 0.25) is 5.91 Å². The van der Waals surface area contributed by atoms with Gasteiger partial charge in [0.1, 0.15) is 5.75 Å². The van der Waals surface area contributed by atoms with Crippen LogP contribution in [-0.4, -0.2) is 26.2 Å². The molecule has 3 rings (SSSR count). The summed E-state index contributed by atoms with van der Waals surface area (Å²) in [7, 11) is 1.60. The van der Waals surface area contributed by atoms with Crippen molar-refractivity contribution in [2.24, 2.45) is 0 Å². The van der Waals surface area contributed by atoms with Gasteiger partial charge in [0.15, 0.2) is 0 Å². The van der Waals surface area contributed by atoms with Crippen molar-refractivity contribution in [1.82, 2.24) is 0 Å². The molecule has 1 N–H and O–H groups in total. The third-order valence-corrected chi connectivity index (χ3v) is 4.46. The number of hydrogen-bond donors (Lipinski definition) is 1. The van der Waals surface area contributed by atoms with Gasteiger partial charge < -0.3 is 14.8 Å². The van der Waals surface area contributed by atoms with Crippen molar-refractivity contribution in [3.8, 4) is 5.75 Å². The number of para-hydroxylation sites is 2. The molecule has 0 atom stereocenters. The van der Waals surface area contributed by atoms with Crippen LogP contribution in [0.15, 0.2) is 54.6 Å². The lowest BCUT2D eigenvalue weighted by Gasteiger charge is -2.36. The fourth-order valence-electron chi connectivity index (χ4n) is 3.11. The molecule has 0 saturated carbocycles. The number of methoxy groups -OCH3 is 1. The molecule has 1 aliphatic heterocycles. The molecular formula is C19H21NO3. The number of nitrogens with one attached hydrogen (secondary N) is 1. The van der Waals surface area contributed by atoms with Crippen molar-refractivity contribution in [3.63, 3.8) is 0 Å². The van der Waals surface area contributed by atoms with E-state index < -0.39 is 5.41 Å². The summed E-state index contributed by atoms with van der Waals surface area (Å²) >= 11 is 0. The maximum absolute atomic E-state index is 13.1. The van der Waals surface area contributed by atoms with Crippen molar-refractivity contribution >= 4 is 11.6 Å². The molecule has 0 unspecified atom stereocenters. The fourth-order valence-corrected chi connectivity index (χ4v) is 3.11. The normalized spacial score (nSPS) is 16.6. The molecule has 1 fully saturated rings. The molecule has 4 heteroatoms. The molecule has 1 amide bonds. The third-order valence-electron chi connectivity index (χ3n) is 4.46. The summed E-state index contributed by atoms with van der Waals surface area (Å²) in [6.45, 7) is 1.18. The number of amides is 1. The number of benzene rings is 2. The highest BCUT2D eigenvalue weighted by atomic mass is 16.5.